The minimum absolute atomic E-state index is 0.640. The molecule has 0 amide bonds. The molecule has 2 aliphatic rings. The average molecular weight is 200 g/mol. The maximum atomic E-state index is 12.6. The molecule has 1 aliphatic carbocycles. The molecular formula is C11H21OP. The lowest BCUT2D eigenvalue weighted by Crippen LogP contribution is -2.19. The van der Waals surface area contributed by atoms with Gasteiger partial charge in [-0.05, 0) is 25.7 Å². The molecule has 0 aromatic carbocycles. The van der Waals surface area contributed by atoms with Crippen LogP contribution in [0.5, 0.6) is 0 Å². The molecule has 2 heteroatoms. The zero-order valence-electron chi connectivity index (χ0n) is 8.50. The van der Waals surface area contributed by atoms with E-state index in [4.69, 9.17) is 0 Å². The van der Waals surface area contributed by atoms with Crippen molar-refractivity contribution in [2.24, 2.45) is 0 Å². The van der Waals surface area contributed by atoms with Crippen LogP contribution in [0.15, 0.2) is 0 Å². The third-order valence-corrected chi connectivity index (χ3v) is 7.81. The summed E-state index contributed by atoms with van der Waals surface area (Å²) in [5.41, 5.74) is 0.640. The van der Waals surface area contributed by atoms with E-state index in [2.05, 4.69) is 0 Å². The van der Waals surface area contributed by atoms with Crippen molar-refractivity contribution < 1.29 is 4.57 Å². The van der Waals surface area contributed by atoms with Crippen molar-refractivity contribution in [1.29, 1.82) is 0 Å². The summed E-state index contributed by atoms with van der Waals surface area (Å²) in [6.07, 6.45) is 12.6. The van der Waals surface area contributed by atoms with E-state index in [1.807, 2.05) is 0 Å². The summed E-state index contributed by atoms with van der Waals surface area (Å²) < 4.78 is 12.6. The normalized spacial score (nSPS) is 30.2. The zero-order valence-corrected chi connectivity index (χ0v) is 9.40. The first kappa shape index (κ1) is 9.77. The summed E-state index contributed by atoms with van der Waals surface area (Å²) in [6, 6.07) is 0. The lowest BCUT2D eigenvalue weighted by atomic mass is 10.0. The van der Waals surface area contributed by atoms with Gasteiger partial charge < -0.3 is 4.57 Å². The Morgan fingerprint density at radius 3 is 1.92 bits per heavy atom. The Bertz CT molecular complexity index is 196. The fourth-order valence-corrected chi connectivity index (χ4v) is 6.74. The van der Waals surface area contributed by atoms with Crippen LogP contribution in [-0.2, 0) is 4.57 Å². The van der Waals surface area contributed by atoms with Crippen molar-refractivity contribution in [3.05, 3.63) is 0 Å². The van der Waals surface area contributed by atoms with E-state index >= 15 is 0 Å². The van der Waals surface area contributed by atoms with Crippen molar-refractivity contribution in [3.63, 3.8) is 0 Å². The Labute approximate surface area is 81.7 Å². The molecule has 13 heavy (non-hydrogen) atoms. The van der Waals surface area contributed by atoms with Crippen LogP contribution < -0.4 is 0 Å². The van der Waals surface area contributed by atoms with Crippen LogP contribution >= 0.6 is 7.14 Å². The van der Waals surface area contributed by atoms with E-state index in [0.717, 1.165) is 12.3 Å². The van der Waals surface area contributed by atoms with Crippen LogP contribution in [0.4, 0.5) is 0 Å². The van der Waals surface area contributed by atoms with E-state index in [0.29, 0.717) is 5.66 Å². The van der Waals surface area contributed by atoms with Crippen LogP contribution in [0.1, 0.15) is 51.4 Å². The number of hydrogen-bond donors (Lipinski definition) is 0. The molecule has 0 bridgehead atoms. The van der Waals surface area contributed by atoms with Gasteiger partial charge in [-0.3, -0.25) is 0 Å². The molecule has 0 atom stereocenters. The molecule has 1 saturated heterocycles. The minimum Gasteiger partial charge on any atom is -0.323 e. The summed E-state index contributed by atoms with van der Waals surface area (Å²) in [4.78, 5) is 0. The van der Waals surface area contributed by atoms with E-state index in [1.165, 1.54) is 51.4 Å². The second kappa shape index (κ2) is 4.17. The monoisotopic (exact) mass is 200 g/mol. The summed E-state index contributed by atoms with van der Waals surface area (Å²) in [7, 11) is -1.69. The highest BCUT2D eigenvalue weighted by molar-refractivity contribution is 7.64. The van der Waals surface area contributed by atoms with Gasteiger partial charge in [0.1, 0.15) is 0 Å². The minimum atomic E-state index is -1.69. The average Bonchev–Trinajstić information content (AvgIpc) is 2.20. The van der Waals surface area contributed by atoms with Gasteiger partial charge in [0.05, 0.1) is 7.14 Å². The summed E-state index contributed by atoms with van der Waals surface area (Å²) >= 11 is 0. The quantitative estimate of drug-likeness (QED) is 0.587. The van der Waals surface area contributed by atoms with E-state index in [9.17, 15) is 4.57 Å². The first-order valence-corrected chi connectivity index (χ1v) is 8.04. The van der Waals surface area contributed by atoms with E-state index < -0.39 is 7.14 Å². The molecule has 0 aromatic rings. The molecular weight excluding hydrogens is 179 g/mol. The third kappa shape index (κ3) is 2.18. The first-order chi connectivity index (χ1) is 6.31. The number of rotatable bonds is 1. The molecule has 1 nitrogen and oxygen atoms in total. The molecule has 0 N–H and O–H groups in total. The maximum absolute atomic E-state index is 12.6. The van der Waals surface area contributed by atoms with Gasteiger partial charge in [-0.25, -0.2) is 0 Å². The fourth-order valence-electron chi connectivity index (χ4n) is 2.96. The van der Waals surface area contributed by atoms with Gasteiger partial charge >= 0.3 is 0 Å². The summed E-state index contributed by atoms with van der Waals surface area (Å²) in [6.45, 7) is 0. The van der Waals surface area contributed by atoms with Crippen LogP contribution in [0, 0.1) is 0 Å². The van der Waals surface area contributed by atoms with Crippen LogP contribution in [0.2, 0.25) is 0 Å². The van der Waals surface area contributed by atoms with Crippen molar-refractivity contribution in [2.45, 2.75) is 57.0 Å². The lowest BCUT2D eigenvalue weighted by Gasteiger charge is -2.33. The molecule has 0 aromatic heterocycles. The van der Waals surface area contributed by atoms with Gasteiger partial charge in [0, 0.05) is 18.0 Å². The SMILES string of the molecule is O=P1(C2CCCCC2)CCCCC1. The van der Waals surface area contributed by atoms with Gasteiger partial charge in [-0.15, -0.1) is 0 Å². The molecule has 0 radical (unpaired) electrons. The van der Waals surface area contributed by atoms with E-state index in [-0.39, 0.29) is 0 Å². The van der Waals surface area contributed by atoms with Crippen LogP contribution in [-0.4, -0.2) is 18.0 Å². The molecule has 0 unspecified atom stereocenters. The van der Waals surface area contributed by atoms with Gasteiger partial charge in [0.2, 0.25) is 0 Å². The van der Waals surface area contributed by atoms with Gasteiger partial charge in [0.15, 0.2) is 0 Å². The highest BCUT2D eigenvalue weighted by atomic mass is 31.2. The molecule has 1 saturated carbocycles. The maximum Gasteiger partial charge on any atom is 0.0906 e. The highest BCUT2D eigenvalue weighted by Crippen LogP contribution is 2.58. The topological polar surface area (TPSA) is 17.1 Å². The third-order valence-electron chi connectivity index (χ3n) is 3.81. The molecule has 0 spiro atoms. The number of hydrogen-bond acceptors (Lipinski definition) is 1. The Kier molecular flexibility index (Phi) is 3.14. The van der Waals surface area contributed by atoms with Crippen molar-refractivity contribution in [3.8, 4) is 0 Å². The predicted octanol–water partition coefficient (Wildman–Crippen LogP) is 3.87. The molecule has 76 valence electrons. The Balaban J connectivity index is 1.99. The highest BCUT2D eigenvalue weighted by Gasteiger charge is 2.34. The van der Waals surface area contributed by atoms with Crippen molar-refractivity contribution in [1.82, 2.24) is 0 Å². The van der Waals surface area contributed by atoms with Crippen LogP contribution in [0.3, 0.4) is 0 Å². The van der Waals surface area contributed by atoms with Crippen LogP contribution in [0.25, 0.3) is 0 Å². The largest absolute Gasteiger partial charge is 0.323 e. The van der Waals surface area contributed by atoms with Gasteiger partial charge in [0.25, 0.3) is 0 Å². The van der Waals surface area contributed by atoms with Gasteiger partial charge in [-0.1, -0.05) is 25.7 Å². The standard InChI is InChI=1S/C11H21OP/c12-13(9-5-2-6-10-13)11-7-3-1-4-8-11/h11H,1-10H2. The Hall–Kier alpha value is 0.230. The molecule has 2 fully saturated rings. The first-order valence-electron chi connectivity index (χ1n) is 5.89. The molecule has 1 heterocycles. The predicted molar refractivity (Wildman–Crippen MR) is 58.1 cm³/mol. The fraction of sp³-hybridized carbons (Fsp3) is 1.00. The van der Waals surface area contributed by atoms with Crippen molar-refractivity contribution in [2.75, 3.05) is 12.3 Å². The summed E-state index contributed by atoms with van der Waals surface area (Å²) in [5, 5.41) is 0. The molecule has 2 rings (SSSR count). The second-order valence-corrected chi connectivity index (χ2v) is 8.28. The Morgan fingerprint density at radius 1 is 0.769 bits per heavy atom. The van der Waals surface area contributed by atoms with Crippen molar-refractivity contribution >= 4 is 7.14 Å². The second-order valence-electron chi connectivity index (χ2n) is 4.75. The molecule has 1 aliphatic heterocycles. The smallest absolute Gasteiger partial charge is 0.0906 e. The zero-order chi connectivity index (χ0) is 9.15. The van der Waals surface area contributed by atoms with E-state index in [1.54, 1.807) is 0 Å². The van der Waals surface area contributed by atoms with Gasteiger partial charge in [-0.2, -0.15) is 0 Å². The Morgan fingerprint density at radius 2 is 1.31 bits per heavy atom. The summed E-state index contributed by atoms with van der Waals surface area (Å²) in [5.74, 6) is 0. The lowest BCUT2D eigenvalue weighted by molar-refractivity contribution is 0.475.